The topological polar surface area (TPSA) is 73.9 Å². The predicted octanol–water partition coefficient (Wildman–Crippen LogP) is -0.178. The van der Waals surface area contributed by atoms with Crippen molar-refractivity contribution in [1.29, 1.82) is 0 Å². The van der Waals surface area contributed by atoms with E-state index in [0.717, 1.165) is 31.1 Å². The molecule has 3 rings (SSSR count). The summed E-state index contributed by atoms with van der Waals surface area (Å²) in [5.74, 6) is 0.802. The molecule has 0 aromatic heterocycles. The molecule has 0 unspecified atom stereocenters. The highest BCUT2D eigenvalue weighted by Gasteiger charge is 2.28. The third-order valence-corrected chi connectivity index (χ3v) is 4.58. The molecule has 130 valence electrons. The molecule has 1 atom stereocenters. The van der Waals surface area contributed by atoms with Crippen LogP contribution in [-0.2, 0) is 9.59 Å². The van der Waals surface area contributed by atoms with Gasteiger partial charge >= 0.3 is 0 Å². The van der Waals surface area contributed by atoms with E-state index in [1.54, 1.807) is 7.11 Å². The zero-order valence-corrected chi connectivity index (χ0v) is 14.0. The molecule has 2 amide bonds. The predicted molar refractivity (Wildman–Crippen MR) is 91.2 cm³/mol. The molecule has 2 N–H and O–H groups in total. The van der Waals surface area contributed by atoms with Crippen LogP contribution < -0.4 is 20.3 Å². The number of methoxy groups -OCH3 is 1. The first-order chi connectivity index (χ1) is 11.7. The number of piperazine rings is 2. The minimum absolute atomic E-state index is 0.0407. The number of carbonyl (C=O) groups excluding carboxylic acids is 2. The third-order valence-electron chi connectivity index (χ3n) is 4.58. The quantitative estimate of drug-likeness (QED) is 0.800. The molecule has 7 heteroatoms. The van der Waals surface area contributed by atoms with Crippen LogP contribution in [0, 0.1) is 0 Å². The van der Waals surface area contributed by atoms with Crippen molar-refractivity contribution >= 4 is 17.5 Å². The number of rotatable bonds is 4. The fourth-order valence-corrected chi connectivity index (χ4v) is 3.12. The van der Waals surface area contributed by atoms with E-state index < -0.39 is 6.04 Å². The monoisotopic (exact) mass is 332 g/mol. The molecule has 0 aliphatic carbocycles. The number of nitrogens with zero attached hydrogens (tertiary/aromatic N) is 2. The first kappa shape index (κ1) is 16.6. The van der Waals surface area contributed by atoms with Crippen molar-refractivity contribution in [1.82, 2.24) is 15.5 Å². The molecular weight excluding hydrogens is 308 g/mol. The Hall–Kier alpha value is -2.28. The Morgan fingerprint density at radius 3 is 2.50 bits per heavy atom. The van der Waals surface area contributed by atoms with Gasteiger partial charge in [0.05, 0.1) is 19.6 Å². The van der Waals surface area contributed by atoms with Crippen LogP contribution >= 0.6 is 0 Å². The van der Waals surface area contributed by atoms with E-state index in [1.165, 1.54) is 0 Å². The van der Waals surface area contributed by atoms with Crippen molar-refractivity contribution in [3.8, 4) is 5.75 Å². The molecule has 7 nitrogen and oxygen atoms in total. The Labute approximate surface area is 141 Å². The Morgan fingerprint density at radius 2 is 1.88 bits per heavy atom. The molecule has 0 saturated carbocycles. The molecule has 2 aliphatic heterocycles. The van der Waals surface area contributed by atoms with Gasteiger partial charge in [0.2, 0.25) is 11.8 Å². The molecule has 0 spiro atoms. The van der Waals surface area contributed by atoms with E-state index in [-0.39, 0.29) is 18.2 Å². The second-order valence-electron chi connectivity index (χ2n) is 6.07. The summed E-state index contributed by atoms with van der Waals surface area (Å²) in [7, 11) is 1.65. The Morgan fingerprint density at radius 1 is 1.17 bits per heavy atom. The fraction of sp³-hybridized carbons (Fsp3) is 0.529. The van der Waals surface area contributed by atoms with Gasteiger partial charge in [0.15, 0.2) is 0 Å². The van der Waals surface area contributed by atoms with E-state index in [0.29, 0.717) is 19.6 Å². The Kier molecular flexibility index (Phi) is 5.20. The lowest BCUT2D eigenvalue weighted by Crippen LogP contribution is -2.56. The first-order valence-corrected chi connectivity index (χ1v) is 8.35. The summed E-state index contributed by atoms with van der Waals surface area (Å²) in [5, 5.41) is 5.89. The van der Waals surface area contributed by atoms with Crippen molar-refractivity contribution in [2.24, 2.45) is 0 Å². The summed E-state index contributed by atoms with van der Waals surface area (Å²) in [6.07, 6.45) is 0.231. The molecule has 2 aliphatic rings. The van der Waals surface area contributed by atoms with Gasteiger partial charge in [0.25, 0.3) is 0 Å². The molecule has 0 radical (unpaired) electrons. The van der Waals surface area contributed by atoms with Gasteiger partial charge in [-0.1, -0.05) is 0 Å². The number of carbonyl (C=O) groups is 2. The van der Waals surface area contributed by atoms with Crippen LogP contribution in [0.2, 0.25) is 0 Å². The molecule has 1 aromatic carbocycles. The SMILES string of the molecule is COc1ccc(N2CCN(C(=O)C[C@H]3NCCNC3=O)CC2)cc1. The third kappa shape index (κ3) is 3.79. The van der Waals surface area contributed by atoms with Crippen LogP contribution in [0.4, 0.5) is 5.69 Å². The Bertz CT molecular complexity index is 582. The standard InChI is InChI=1S/C17H24N4O3/c1-24-14-4-2-13(3-5-14)20-8-10-21(11-9-20)16(22)12-15-17(23)19-7-6-18-15/h2-5,15,18H,6-12H2,1H3,(H,19,23)/t15-/m1/s1. The molecule has 2 saturated heterocycles. The summed E-state index contributed by atoms with van der Waals surface area (Å²) < 4.78 is 5.18. The van der Waals surface area contributed by atoms with E-state index >= 15 is 0 Å². The molecular formula is C17H24N4O3. The minimum Gasteiger partial charge on any atom is -0.497 e. The van der Waals surface area contributed by atoms with Crippen molar-refractivity contribution in [2.75, 3.05) is 51.3 Å². The zero-order valence-electron chi connectivity index (χ0n) is 14.0. The second-order valence-corrected chi connectivity index (χ2v) is 6.07. The van der Waals surface area contributed by atoms with E-state index in [1.807, 2.05) is 29.2 Å². The lowest BCUT2D eigenvalue weighted by Gasteiger charge is -2.37. The van der Waals surface area contributed by atoms with Crippen molar-refractivity contribution in [3.63, 3.8) is 0 Å². The number of amides is 2. The van der Waals surface area contributed by atoms with Gasteiger partial charge in [0, 0.05) is 45.0 Å². The van der Waals surface area contributed by atoms with Crippen LogP contribution in [0.25, 0.3) is 0 Å². The fourth-order valence-electron chi connectivity index (χ4n) is 3.12. The van der Waals surface area contributed by atoms with Crippen molar-refractivity contribution < 1.29 is 14.3 Å². The summed E-state index contributed by atoms with van der Waals surface area (Å²) in [4.78, 5) is 28.3. The average Bonchev–Trinajstić information content (AvgIpc) is 2.64. The minimum atomic E-state index is -0.397. The largest absolute Gasteiger partial charge is 0.497 e. The molecule has 0 bridgehead atoms. The van der Waals surface area contributed by atoms with Crippen LogP contribution in [-0.4, -0.2) is 69.1 Å². The summed E-state index contributed by atoms with van der Waals surface area (Å²) in [6.45, 7) is 4.29. The van der Waals surface area contributed by atoms with Gasteiger partial charge in [-0.3, -0.25) is 9.59 Å². The van der Waals surface area contributed by atoms with Crippen LogP contribution in [0.1, 0.15) is 6.42 Å². The second kappa shape index (κ2) is 7.53. The summed E-state index contributed by atoms with van der Waals surface area (Å²) >= 11 is 0. The van der Waals surface area contributed by atoms with Crippen LogP contribution in [0.3, 0.4) is 0 Å². The maximum atomic E-state index is 12.4. The highest BCUT2D eigenvalue weighted by Crippen LogP contribution is 2.20. The molecule has 1 aromatic rings. The average molecular weight is 332 g/mol. The van der Waals surface area contributed by atoms with Gasteiger partial charge < -0.3 is 25.2 Å². The zero-order chi connectivity index (χ0) is 16.9. The first-order valence-electron chi connectivity index (χ1n) is 8.35. The number of anilines is 1. The number of hydrogen-bond acceptors (Lipinski definition) is 5. The number of benzene rings is 1. The van der Waals surface area contributed by atoms with Gasteiger partial charge in [0.1, 0.15) is 5.75 Å². The van der Waals surface area contributed by atoms with Crippen molar-refractivity contribution in [2.45, 2.75) is 12.5 Å². The normalized spacial score (nSPS) is 21.4. The van der Waals surface area contributed by atoms with Crippen molar-refractivity contribution in [3.05, 3.63) is 24.3 Å². The van der Waals surface area contributed by atoms with E-state index in [4.69, 9.17) is 4.74 Å². The highest BCUT2D eigenvalue weighted by molar-refractivity contribution is 5.88. The molecule has 24 heavy (non-hydrogen) atoms. The number of ether oxygens (including phenoxy) is 1. The van der Waals surface area contributed by atoms with Gasteiger partial charge in [-0.25, -0.2) is 0 Å². The summed E-state index contributed by atoms with van der Waals surface area (Å²) in [5.41, 5.74) is 1.14. The summed E-state index contributed by atoms with van der Waals surface area (Å²) in [6, 6.07) is 7.56. The smallest absolute Gasteiger partial charge is 0.237 e. The molecule has 2 heterocycles. The maximum absolute atomic E-state index is 12.4. The van der Waals surface area contributed by atoms with Crippen LogP contribution in [0.5, 0.6) is 5.75 Å². The number of hydrogen-bond donors (Lipinski definition) is 2. The molecule has 2 fully saturated rings. The van der Waals surface area contributed by atoms with E-state index in [9.17, 15) is 9.59 Å². The van der Waals surface area contributed by atoms with E-state index in [2.05, 4.69) is 15.5 Å². The van der Waals surface area contributed by atoms with Gasteiger partial charge in [-0.05, 0) is 24.3 Å². The van der Waals surface area contributed by atoms with Crippen LogP contribution in [0.15, 0.2) is 24.3 Å². The maximum Gasteiger partial charge on any atom is 0.237 e. The van der Waals surface area contributed by atoms with Gasteiger partial charge in [-0.15, -0.1) is 0 Å². The van der Waals surface area contributed by atoms with Gasteiger partial charge in [-0.2, -0.15) is 0 Å². The highest BCUT2D eigenvalue weighted by atomic mass is 16.5. The number of nitrogens with one attached hydrogen (secondary N) is 2. The lowest BCUT2D eigenvalue weighted by molar-refractivity contribution is -0.135. The Balaban J connectivity index is 1.50. The lowest BCUT2D eigenvalue weighted by atomic mass is 10.1.